The Morgan fingerprint density at radius 3 is 1.67 bits per heavy atom. The van der Waals surface area contributed by atoms with E-state index < -0.39 is 7.26 Å². The molecule has 4 rings (SSSR count). The van der Waals surface area contributed by atoms with Crippen LogP contribution in [0.25, 0.3) is 6.08 Å². The first-order valence-electron chi connectivity index (χ1n) is 14.9. The quantitative estimate of drug-likeness (QED) is 0.0869. The van der Waals surface area contributed by atoms with Crippen LogP contribution in [0.2, 0.25) is 0 Å². The number of amides is 1. The van der Waals surface area contributed by atoms with E-state index in [-0.39, 0.29) is 5.91 Å². The van der Waals surface area contributed by atoms with E-state index in [0.29, 0.717) is 18.0 Å². The zero-order chi connectivity index (χ0) is 29.5. The summed E-state index contributed by atoms with van der Waals surface area (Å²) in [5, 5.41) is 7.37. The van der Waals surface area contributed by atoms with Crippen LogP contribution in [0.3, 0.4) is 0 Å². The van der Waals surface area contributed by atoms with Crippen LogP contribution >= 0.6 is 7.26 Å². The third-order valence-corrected chi connectivity index (χ3v) is 12.2. The lowest BCUT2D eigenvalue weighted by atomic mass is 10.1. The predicted octanol–water partition coefficient (Wildman–Crippen LogP) is 7.17. The van der Waals surface area contributed by atoms with Crippen LogP contribution in [-0.2, 0) is 4.79 Å². The summed E-state index contributed by atoms with van der Waals surface area (Å²) in [7, 11) is 1.48. The van der Waals surface area contributed by atoms with Gasteiger partial charge in [-0.2, -0.15) is 0 Å². The Bertz CT molecular complexity index is 1290. The number of methoxy groups -OCH3 is 2. The normalized spacial score (nSPS) is 11.4. The first-order chi connectivity index (χ1) is 20.7. The number of carbonyl (C=O) groups excluding carboxylic acids is 1. The number of rotatable bonds is 16. The summed E-state index contributed by atoms with van der Waals surface area (Å²) in [6.45, 7) is 0.694. The van der Waals surface area contributed by atoms with E-state index in [1.54, 1.807) is 26.4 Å². The lowest BCUT2D eigenvalue weighted by molar-refractivity contribution is -0.116. The van der Waals surface area contributed by atoms with Gasteiger partial charge < -0.3 is 14.8 Å². The van der Waals surface area contributed by atoms with E-state index in [1.807, 2.05) is 18.2 Å². The molecule has 0 aromatic heterocycles. The van der Waals surface area contributed by atoms with Crippen molar-refractivity contribution in [1.82, 2.24) is 5.32 Å². The second-order valence-corrected chi connectivity index (χ2v) is 14.0. The fourth-order valence-corrected chi connectivity index (χ4v) is 9.87. The molecule has 0 fully saturated rings. The summed E-state index contributed by atoms with van der Waals surface area (Å²) < 4.78 is 10.6. The van der Waals surface area contributed by atoms with Crippen molar-refractivity contribution in [3.05, 3.63) is 121 Å². The van der Waals surface area contributed by atoms with E-state index in [1.165, 1.54) is 47.8 Å². The van der Waals surface area contributed by atoms with Gasteiger partial charge in [-0.1, -0.05) is 79.9 Å². The van der Waals surface area contributed by atoms with Gasteiger partial charge in [-0.3, -0.25) is 4.79 Å². The maximum Gasteiger partial charge on any atom is 0.243 e. The van der Waals surface area contributed by atoms with Gasteiger partial charge in [0.1, 0.15) is 23.2 Å². The molecule has 4 nitrogen and oxygen atoms in total. The highest BCUT2D eigenvalue weighted by Gasteiger charge is 2.44. The molecule has 0 saturated heterocycles. The van der Waals surface area contributed by atoms with Crippen LogP contribution in [0.4, 0.5) is 0 Å². The summed E-state index contributed by atoms with van der Waals surface area (Å²) in [4.78, 5) is 12.3. The largest absolute Gasteiger partial charge is 0.493 e. The molecule has 0 aliphatic rings. The van der Waals surface area contributed by atoms with Gasteiger partial charge in [0.15, 0.2) is 11.5 Å². The predicted molar refractivity (Wildman–Crippen MR) is 179 cm³/mol. The zero-order valence-electron chi connectivity index (χ0n) is 24.9. The SMILES string of the molecule is COc1ccc(C=CC(=O)NCCCCCCCC[P+](c2ccccc2)(c2ccccc2)c2ccccc2)cc1OC. The molecule has 4 aromatic rings. The molecular weight excluding hydrogens is 537 g/mol. The topological polar surface area (TPSA) is 47.6 Å². The van der Waals surface area contributed by atoms with Crippen molar-refractivity contribution < 1.29 is 14.3 Å². The monoisotopic (exact) mass is 580 g/mol. The number of ether oxygens (including phenoxy) is 2. The average Bonchev–Trinajstić information content (AvgIpc) is 3.06. The van der Waals surface area contributed by atoms with Gasteiger partial charge in [0.25, 0.3) is 0 Å². The molecule has 0 heterocycles. The highest BCUT2D eigenvalue weighted by atomic mass is 31.2. The van der Waals surface area contributed by atoms with Gasteiger partial charge in [0, 0.05) is 12.6 Å². The van der Waals surface area contributed by atoms with Crippen LogP contribution < -0.4 is 30.7 Å². The molecule has 0 radical (unpaired) electrons. The Labute approximate surface area is 252 Å². The molecule has 0 aliphatic heterocycles. The maximum atomic E-state index is 12.3. The minimum absolute atomic E-state index is 0.0761. The van der Waals surface area contributed by atoms with Gasteiger partial charge in [-0.15, -0.1) is 0 Å². The van der Waals surface area contributed by atoms with E-state index in [2.05, 4.69) is 96.3 Å². The molecule has 0 atom stereocenters. The van der Waals surface area contributed by atoms with Crippen LogP contribution in [-0.4, -0.2) is 32.8 Å². The summed E-state index contributed by atoms with van der Waals surface area (Å²) in [6.07, 6.45) is 11.5. The molecule has 0 unspecified atom stereocenters. The molecular formula is C37H43NO3P+. The van der Waals surface area contributed by atoms with Crippen molar-refractivity contribution in [3.63, 3.8) is 0 Å². The van der Waals surface area contributed by atoms with Gasteiger partial charge in [0.2, 0.25) is 5.91 Å². The van der Waals surface area contributed by atoms with Crippen LogP contribution in [0, 0.1) is 0 Å². The van der Waals surface area contributed by atoms with E-state index in [0.717, 1.165) is 18.4 Å². The number of carbonyl (C=O) groups is 1. The van der Waals surface area contributed by atoms with Gasteiger partial charge in [0.05, 0.1) is 20.4 Å². The van der Waals surface area contributed by atoms with Gasteiger partial charge in [-0.25, -0.2) is 0 Å². The second-order valence-electron chi connectivity index (χ2n) is 10.4. The molecule has 218 valence electrons. The highest BCUT2D eigenvalue weighted by Crippen LogP contribution is 2.56. The van der Waals surface area contributed by atoms with Crippen molar-refractivity contribution in [3.8, 4) is 11.5 Å². The molecule has 1 amide bonds. The van der Waals surface area contributed by atoms with Crippen molar-refractivity contribution >= 4 is 35.2 Å². The molecule has 42 heavy (non-hydrogen) atoms. The zero-order valence-corrected chi connectivity index (χ0v) is 25.8. The number of benzene rings is 4. The third kappa shape index (κ3) is 8.33. The first-order valence-corrected chi connectivity index (χ1v) is 16.9. The lowest BCUT2D eigenvalue weighted by Gasteiger charge is -2.27. The Kier molecular flexibility index (Phi) is 12.2. The minimum Gasteiger partial charge on any atom is -0.493 e. The maximum absolute atomic E-state index is 12.3. The standard InChI is InChI=1S/C37H42NO3P/c1-40-35-26-24-31(30-36(35)41-2)25-27-37(39)38-28-16-5-3-4-6-17-29-42(32-18-10-7-11-19-32,33-20-12-8-13-21-33)34-22-14-9-15-23-34/h7-15,18-27,30H,3-6,16-17,28-29H2,1-2H3/p+1. The summed E-state index contributed by atoms with van der Waals surface area (Å²) >= 11 is 0. The second kappa shape index (κ2) is 16.5. The molecule has 1 N–H and O–H groups in total. The number of unbranched alkanes of at least 4 members (excludes halogenated alkanes) is 5. The highest BCUT2D eigenvalue weighted by molar-refractivity contribution is 7.95. The van der Waals surface area contributed by atoms with Gasteiger partial charge in [-0.05, 0) is 79.4 Å². The number of hydrogen-bond donors (Lipinski definition) is 1. The first kappa shape index (κ1) is 31.1. The van der Waals surface area contributed by atoms with Crippen molar-refractivity contribution in [2.75, 3.05) is 26.9 Å². The number of hydrogen-bond acceptors (Lipinski definition) is 3. The Hall–Kier alpha value is -3.88. The summed E-state index contributed by atoms with van der Waals surface area (Å²) in [5.74, 6) is 1.24. The fraction of sp³-hybridized carbons (Fsp3) is 0.270. The lowest BCUT2D eigenvalue weighted by Crippen LogP contribution is -2.33. The van der Waals surface area contributed by atoms with E-state index in [4.69, 9.17) is 9.47 Å². The summed E-state index contributed by atoms with van der Waals surface area (Å²) in [6, 6.07) is 39.0. The van der Waals surface area contributed by atoms with Crippen molar-refractivity contribution in [1.29, 1.82) is 0 Å². The molecule has 0 aliphatic carbocycles. The van der Waals surface area contributed by atoms with Crippen LogP contribution in [0.5, 0.6) is 11.5 Å². The molecule has 0 spiro atoms. The Balaban J connectivity index is 1.23. The minimum atomic E-state index is -1.74. The van der Waals surface area contributed by atoms with E-state index >= 15 is 0 Å². The molecule has 5 heteroatoms. The van der Waals surface area contributed by atoms with E-state index in [9.17, 15) is 4.79 Å². The molecule has 4 aromatic carbocycles. The summed E-state index contributed by atoms with van der Waals surface area (Å²) in [5.41, 5.74) is 0.890. The van der Waals surface area contributed by atoms with Crippen molar-refractivity contribution in [2.24, 2.45) is 0 Å². The van der Waals surface area contributed by atoms with Gasteiger partial charge >= 0.3 is 0 Å². The average molecular weight is 581 g/mol. The van der Waals surface area contributed by atoms with Crippen LogP contribution in [0.1, 0.15) is 44.1 Å². The Morgan fingerprint density at radius 1 is 0.643 bits per heavy atom. The van der Waals surface area contributed by atoms with Crippen molar-refractivity contribution in [2.45, 2.75) is 38.5 Å². The Morgan fingerprint density at radius 2 is 1.14 bits per heavy atom. The molecule has 0 bridgehead atoms. The smallest absolute Gasteiger partial charge is 0.243 e. The fourth-order valence-electron chi connectivity index (χ4n) is 5.46. The molecule has 0 saturated carbocycles. The van der Waals surface area contributed by atoms with Crippen LogP contribution in [0.15, 0.2) is 115 Å². The third-order valence-electron chi connectivity index (χ3n) is 7.65. The number of nitrogens with one attached hydrogen (secondary N) is 1.